The molecule has 0 aliphatic carbocycles. The van der Waals surface area contributed by atoms with Crippen LogP contribution in [0.1, 0.15) is 18.1 Å². The fourth-order valence-corrected chi connectivity index (χ4v) is 7.22. The van der Waals surface area contributed by atoms with Crippen LogP contribution in [-0.2, 0) is 36.7 Å². The number of phosphoric ester groups is 2. The summed E-state index contributed by atoms with van der Waals surface area (Å²) in [5.74, 6) is 0.0543. The number of aliphatic hydroxyl groups excluding tert-OH is 2. The molecule has 0 aromatic carbocycles. The van der Waals surface area contributed by atoms with Crippen molar-refractivity contribution >= 4 is 43.8 Å². The van der Waals surface area contributed by atoms with Crippen LogP contribution < -0.4 is 5.73 Å². The van der Waals surface area contributed by atoms with Crippen LogP contribution in [0.15, 0.2) is 25.3 Å². The van der Waals surface area contributed by atoms with E-state index in [9.17, 15) is 29.1 Å². The number of aryl methyl sites for hydroxylation is 1. The SMILES string of the molecule is Cc1ncnc2c1ncn2C1OC2COP(=O)(O)OC3C(COP(=O)(O)OC1C2O)OC(n1cnc2c(N)ncnc21)C3O. The number of aliphatic hydroxyl groups is 2. The third-order valence-corrected chi connectivity index (χ3v) is 9.38. The van der Waals surface area contributed by atoms with Gasteiger partial charge in [0.25, 0.3) is 0 Å². The summed E-state index contributed by atoms with van der Waals surface area (Å²) in [5, 5.41) is 22.2. The zero-order valence-electron chi connectivity index (χ0n) is 22.4. The van der Waals surface area contributed by atoms with E-state index in [1.165, 1.54) is 28.1 Å². The Bertz CT molecular complexity index is 1820. The number of hydrogen-bond donors (Lipinski definition) is 5. The first-order valence-electron chi connectivity index (χ1n) is 13.0. The van der Waals surface area contributed by atoms with Crippen molar-refractivity contribution in [2.75, 3.05) is 18.9 Å². The molecule has 0 spiro atoms. The largest absolute Gasteiger partial charge is 0.472 e. The number of imidazole rings is 2. The summed E-state index contributed by atoms with van der Waals surface area (Å²) in [6.07, 6.45) is -6.98. The van der Waals surface area contributed by atoms with Gasteiger partial charge in [0.05, 0.1) is 31.6 Å². The molecule has 6 N–H and O–H groups in total. The van der Waals surface area contributed by atoms with E-state index >= 15 is 0 Å². The van der Waals surface area contributed by atoms with Gasteiger partial charge in [-0.05, 0) is 6.92 Å². The average Bonchev–Trinajstić information content (AvgIpc) is 3.73. The Morgan fingerprint density at radius 2 is 1.34 bits per heavy atom. The lowest BCUT2D eigenvalue weighted by atomic mass is 10.1. The molecule has 3 fully saturated rings. The minimum atomic E-state index is -5.02. The number of ether oxygens (including phenoxy) is 2. The van der Waals surface area contributed by atoms with E-state index in [-0.39, 0.29) is 22.6 Å². The molecule has 21 nitrogen and oxygen atoms in total. The Hall–Kier alpha value is -3.04. The number of hydrogen-bond acceptors (Lipinski definition) is 17. The molecule has 0 amide bonds. The Morgan fingerprint density at radius 1 is 0.773 bits per heavy atom. The molecule has 3 aliphatic rings. The minimum Gasteiger partial charge on any atom is -0.387 e. The van der Waals surface area contributed by atoms with Crippen LogP contribution in [-0.4, -0.2) is 109 Å². The van der Waals surface area contributed by atoms with Gasteiger partial charge in [-0.15, -0.1) is 0 Å². The van der Waals surface area contributed by atoms with Crippen molar-refractivity contribution in [1.29, 1.82) is 0 Å². The highest BCUT2D eigenvalue weighted by Gasteiger charge is 2.54. The summed E-state index contributed by atoms with van der Waals surface area (Å²) in [6.45, 7) is 0.179. The van der Waals surface area contributed by atoms with Crippen molar-refractivity contribution < 1.29 is 56.7 Å². The minimum absolute atomic E-state index is 0.0543. The second-order valence-electron chi connectivity index (χ2n) is 10.1. The number of nitrogens with two attached hydrogens (primary N) is 1. The Morgan fingerprint density at radius 3 is 2.07 bits per heavy atom. The molecule has 3 saturated heterocycles. The first kappa shape index (κ1) is 29.7. The normalized spacial score (nSPS) is 38.3. The molecule has 4 aromatic rings. The van der Waals surface area contributed by atoms with Crippen molar-refractivity contribution in [3.63, 3.8) is 0 Å². The highest BCUT2D eigenvalue weighted by atomic mass is 31.2. The molecule has 2 bridgehead atoms. The summed E-state index contributed by atoms with van der Waals surface area (Å²) in [7, 11) is -10.0. The van der Waals surface area contributed by atoms with Gasteiger partial charge in [0, 0.05) is 0 Å². The molecule has 3 aliphatic heterocycles. The van der Waals surface area contributed by atoms with Crippen LogP contribution in [0.25, 0.3) is 22.3 Å². The maximum Gasteiger partial charge on any atom is 0.472 e. The third-order valence-electron chi connectivity index (χ3n) is 7.41. The number of rotatable bonds is 2. The van der Waals surface area contributed by atoms with Crippen molar-refractivity contribution in [3.05, 3.63) is 31.0 Å². The van der Waals surface area contributed by atoms with Crippen molar-refractivity contribution in [2.45, 2.75) is 56.0 Å². The van der Waals surface area contributed by atoms with Crippen LogP contribution in [0.3, 0.4) is 0 Å². The molecule has 0 radical (unpaired) electrons. The lowest BCUT2D eigenvalue weighted by Crippen LogP contribution is -2.36. The van der Waals surface area contributed by atoms with Gasteiger partial charge in [-0.1, -0.05) is 0 Å². The number of nitrogen functional groups attached to an aromatic ring is 1. The lowest BCUT2D eigenvalue weighted by Gasteiger charge is -2.25. The van der Waals surface area contributed by atoms with E-state index in [1.54, 1.807) is 6.92 Å². The molecule has 10 atom stereocenters. The van der Waals surface area contributed by atoms with E-state index in [1.807, 2.05) is 0 Å². The summed E-state index contributed by atoms with van der Waals surface area (Å²) < 4.78 is 61.6. The van der Waals surface area contributed by atoms with Crippen LogP contribution in [0.2, 0.25) is 0 Å². The van der Waals surface area contributed by atoms with Gasteiger partial charge in [-0.3, -0.25) is 27.2 Å². The van der Waals surface area contributed by atoms with Gasteiger partial charge >= 0.3 is 15.6 Å². The van der Waals surface area contributed by atoms with Crippen molar-refractivity contribution in [1.82, 2.24) is 39.0 Å². The van der Waals surface area contributed by atoms with Crippen molar-refractivity contribution in [3.8, 4) is 0 Å². The lowest BCUT2D eigenvalue weighted by molar-refractivity contribution is -0.0672. The van der Waals surface area contributed by atoms with E-state index in [2.05, 4.69) is 29.9 Å². The van der Waals surface area contributed by atoms with Gasteiger partial charge in [-0.25, -0.2) is 39.0 Å². The van der Waals surface area contributed by atoms with Gasteiger partial charge in [-0.2, -0.15) is 0 Å². The zero-order chi connectivity index (χ0) is 31.0. The van der Waals surface area contributed by atoms with E-state index in [0.29, 0.717) is 11.2 Å². The second-order valence-corrected chi connectivity index (χ2v) is 13.0. The van der Waals surface area contributed by atoms with Gasteiger partial charge < -0.3 is 35.2 Å². The summed E-state index contributed by atoms with van der Waals surface area (Å²) in [6, 6.07) is 0. The molecule has 236 valence electrons. The molecule has 4 aromatic heterocycles. The summed E-state index contributed by atoms with van der Waals surface area (Å²) >= 11 is 0. The highest BCUT2D eigenvalue weighted by Crippen LogP contribution is 2.53. The standard InChI is InChI=1S/C21H25N9O12P2/c1-8-11-18(25-4-23-8)30(6-27-11)21-16-13(31)9(39-21)2-37-43(33,34)41-15-10(3-38-44(35,36)42-16)40-20(14(15)32)29-7-28-12-17(22)24-5-26-19(12)29/h4-7,9-10,13-16,20-21,31-32H,2-3H2,1H3,(H,33,34)(H,35,36)(H2,22,24,26). The molecule has 23 heteroatoms. The maximum atomic E-state index is 13.2. The van der Waals surface area contributed by atoms with Gasteiger partial charge in [0.15, 0.2) is 29.6 Å². The quantitative estimate of drug-likeness (QED) is 0.163. The molecule has 10 unspecified atom stereocenters. The fraction of sp³-hybridized carbons (Fsp3) is 0.524. The van der Waals surface area contributed by atoms with Crippen LogP contribution in [0.4, 0.5) is 5.82 Å². The summed E-state index contributed by atoms with van der Waals surface area (Å²) in [5.41, 5.74) is 7.39. The van der Waals surface area contributed by atoms with E-state index in [0.717, 1.165) is 6.33 Å². The topological polar surface area (TPSA) is 284 Å². The van der Waals surface area contributed by atoms with Crippen LogP contribution in [0.5, 0.6) is 0 Å². The first-order chi connectivity index (χ1) is 20.9. The van der Waals surface area contributed by atoms with E-state index in [4.69, 9.17) is 33.3 Å². The molecular formula is C21H25N9O12P2. The van der Waals surface area contributed by atoms with Crippen LogP contribution >= 0.6 is 15.6 Å². The Kier molecular flexibility index (Phi) is 7.28. The Balaban J connectivity index is 1.20. The number of anilines is 1. The molecule has 7 heterocycles. The monoisotopic (exact) mass is 657 g/mol. The highest BCUT2D eigenvalue weighted by molar-refractivity contribution is 7.47. The van der Waals surface area contributed by atoms with Crippen molar-refractivity contribution in [2.24, 2.45) is 0 Å². The molecule has 0 saturated carbocycles. The number of phosphoric acid groups is 2. The smallest absolute Gasteiger partial charge is 0.387 e. The Labute approximate surface area is 245 Å². The molecule has 44 heavy (non-hydrogen) atoms. The third kappa shape index (κ3) is 5.10. The predicted octanol–water partition coefficient (Wildman–Crippen LogP) is -0.909. The molecular weight excluding hydrogens is 632 g/mol. The zero-order valence-corrected chi connectivity index (χ0v) is 24.2. The predicted molar refractivity (Wildman–Crippen MR) is 141 cm³/mol. The first-order valence-corrected chi connectivity index (χ1v) is 16.0. The fourth-order valence-electron chi connectivity index (χ4n) is 5.32. The number of fused-ring (bicyclic) bond motifs is 5. The maximum absolute atomic E-state index is 13.2. The van der Waals surface area contributed by atoms with Crippen LogP contribution in [0, 0.1) is 6.92 Å². The number of nitrogens with zero attached hydrogens (tertiary/aromatic N) is 8. The number of aromatic nitrogens is 8. The van der Waals surface area contributed by atoms with Gasteiger partial charge in [0.1, 0.15) is 60.3 Å². The average molecular weight is 657 g/mol. The summed E-state index contributed by atoms with van der Waals surface area (Å²) in [4.78, 5) is 45.9. The van der Waals surface area contributed by atoms with Gasteiger partial charge in [0.2, 0.25) is 0 Å². The van der Waals surface area contributed by atoms with E-state index < -0.39 is 77.9 Å². The second kappa shape index (κ2) is 10.8. The molecule has 7 rings (SSSR count).